The molecule has 0 spiro atoms. The van der Waals surface area contributed by atoms with Crippen molar-refractivity contribution >= 4 is 50.0 Å². The Morgan fingerprint density at radius 2 is 1.67 bits per heavy atom. The van der Waals surface area contributed by atoms with E-state index < -0.39 is 15.1 Å². The van der Waals surface area contributed by atoms with Gasteiger partial charge in [0.2, 0.25) is 11.9 Å². The van der Waals surface area contributed by atoms with Gasteiger partial charge in [-0.2, -0.15) is 4.98 Å². The van der Waals surface area contributed by atoms with Gasteiger partial charge in [0.15, 0.2) is 9.84 Å². The summed E-state index contributed by atoms with van der Waals surface area (Å²) >= 11 is 5.86. The standard InChI is InChI=1S/C26H32ClN5O3S/c1-17(36(34,35)21-14-8-18(27)9-15-21)16-24(33)28-19-10-12-20(13-11-19)29-26-30-23-7-5-4-6-22(23)25(31-26)32(2)3/h4-9,14-15,17,19-20H,10-13,16H2,1-3H3,(H,28,33)(H,29,30,31). The molecule has 1 aliphatic carbocycles. The van der Waals surface area contributed by atoms with Crippen LogP contribution in [0.4, 0.5) is 11.8 Å². The molecule has 10 heteroatoms. The maximum Gasteiger partial charge on any atom is 0.225 e. The fourth-order valence-electron chi connectivity index (χ4n) is 4.54. The summed E-state index contributed by atoms with van der Waals surface area (Å²) < 4.78 is 25.6. The first-order chi connectivity index (χ1) is 17.1. The molecule has 0 bridgehead atoms. The number of para-hydroxylation sites is 1. The van der Waals surface area contributed by atoms with E-state index in [9.17, 15) is 13.2 Å². The number of benzene rings is 2. The Kier molecular flexibility index (Phi) is 8.00. The molecule has 3 aromatic rings. The van der Waals surface area contributed by atoms with E-state index in [1.54, 1.807) is 6.92 Å². The Balaban J connectivity index is 1.30. The first kappa shape index (κ1) is 26.2. The lowest BCUT2D eigenvalue weighted by Crippen LogP contribution is -2.41. The maximum absolute atomic E-state index is 12.8. The quantitative estimate of drug-likeness (QED) is 0.444. The number of carbonyl (C=O) groups excluding carboxylic acids is 1. The lowest BCUT2D eigenvalue weighted by atomic mass is 9.91. The second kappa shape index (κ2) is 11.0. The van der Waals surface area contributed by atoms with Crippen LogP contribution in [0.25, 0.3) is 10.9 Å². The van der Waals surface area contributed by atoms with Crippen LogP contribution in [0.15, 0.2) is 53.4 Å². The highest BCUT2D eigenvalue weighted by Crippen LogP contribution is 2.27. The van der Waals surface area contributed by atoms with Crippen LogP contribution < -0.4 is 15.5 Å². The van der Waals surface area contributed by atoms with Crippen LogP contribution in [-0.4, -0.2) is 55.7 Å². The summed E-state index contributed by atoms with van der Waals surface area (Å²) in [4.78, 5) is 24.2. The zero-order valence-electron chi connectivity index (χ0n) is 20.7. The molecule has 1 heterocycles. The van der Waals surface area contributed by atoms with Crippen molar-refractivity contribution < 1.29 is 13.2 Å². The summed E-state index contributed by atoms with van der Waals surface area (Å²) in [6, 6.07) is 14.2. The average molecular weight is 530 g/mol. The highest BCUT2D eigenvalue weighted by Gasteiger charge is 2.28. The Morgan fingerprint density at radius 1 is 1.03 bits per heavy atom. The van der Waals surface area contributed by atoms with Crippen molar-refractivity contribution in [2.45, 2.75) is 61.3 Å². The smallest absolute Gasteiger partial charge is 0.225 e. The second-order valence-electron chi connectivity index (χ2n) is 9.56. The minimum Gasteiger partial charge on any atom is -0.362 e. The molecule has 1 fully saturated rings. The molecule has 192 valence electrons. The Morgan fingerprint density at radius 3 is 2.33 bits per heavy atom. The molecule has 1 aromatic heterocycles. The van der Waals surface area contributed by atoms with E-state index in [1.165, 1.54) is 24.3 Å². The van der Waals surface area contributed by atoms with Gasteiger partial charge in [-0.25, -0.2) is 13.4 Å². The largest absolute Gasteiger partial charge is 0.362 e. The summed E-state index contributed by atoms with van der Waals surface area (Å²) in [6.07, 6.45) is 3.24. The highest BCUT2D eigenvalue weighted by atomic mass is 35.5. The molecule has 36 heavy (non-hydrogen) atoms. The number of nitrogens with zero attached hydrogens (tertiary/aromatic N) is 3. The predicted molar refractivity (Wildman–Crippen MR) is 144 cm³/mol. The van der Waals surface area contributed by atoms with Gasteiger partial charge in [-0.3, -0.25) is 4.79 Å². The first-order valence-electron chi connectivity index (χ1n) is 12.1. The van der Waals surface area contributed by atoms with Crippen molar-refractivity contribution in [3.63, 3.8) is 0 Å². The van der Waals surface area contributed by atoms with Crippen LogP contribution in [0.5, 0.6) is 0 Å². The number of fused-ring (bicyclic) bond motifs is 1. The van der Waals surface area contributed by atoms with E-state index in [4.69, 9.17) is 16.6 Å². The lowest BCUT2D eigenvalue weighted by molar-refractivity contribution is -0.122. The van der Waals surface area contributed by atoms with Crippen LogP contribution in [-0.2, 0) is 14.6 Å². The molecule has 2 aromatic carbocycles. The number of hydrogen-bond acceptors (Lipinski definition) is 7. The number of rotatable bonds is 8. The molecule has 0 aliphatic heterocycles. The molecule has 0 radical (unpaired) electrons. The zero-order chi connectivity index (χ0) is 25.9. The van der Waals surface area contributed by atoms with E-state index in [0.29, 0.717) is 11.0 Å². The summed E-state index contributed by atoms with van der Waals surface area (Å²) in [5.41, 5.74) is 0.891. The number of hydrogen-bond donors (Lipinski definition) is 2. The monoisotopic (exact) mass is 529 g/mol. The van der Waals surface area contributed by atoms with Crippen molar-refractivity contribution in [1.29, 1.82) is 0 Å². The number of halogens is 1. The maximum atomic E-state index is 12.8. The molecule has 2 N–H and O–H groups in total. The molecular weight excluding hydrogens is 498 g/mol. The van der Waals surface area contributed by atoms with Crippen LogP contribution in [0, 0.1) is 0 Å². The molecule has 1 amide bonds. The van der Waals surface area contributed by atoms with Gasteiger partial charge in [0.1, 0.15) is 5.82 Å². The minimum absolute atomic E-state index is 0.0239. The molecule has 1 saturated carbocycles. The lowest BCUT2D eigenvalue weighted by Gasteiger charge is -2.30. The number of aromatic nitrogens is 2. The fraction of sp³-hybridized carbons (Fsp3) is 0.423. The minimum atomic E-state index is -3.61. The number of amides is 1. The summed E-state index contributed by atoms with van der Waals surface area (Å²) in [6.45, 7) is 1.57. The number of anilines is 2. The second-order valence-corrected chi connectivity index (χ2v) is 12.4. The third kappa shape index (κ3) is 6.07. The normalized spacial score (nSPS) is 19.0. The molecule has 1 unspecified atom stereocenters. The van der Waals surface area contributed by atoms with Gasteiger partial charge in [-0.05, 0) is 69.0 Å². The molecule has 1 atom stereocenters. The van der Waals surface area contributed by atoms with Crippen molar-refractivity contribution in [3.8, 4) is 0 Å². The van der Waals surface area contributed by atoms with Crippen molar-refractivity contribution in [3.05, 3.63) is 53.6 Å². The Hall–Kier alpha value is -2.91. The van der Waals surface area contributed by atoms with Crippen LogP contribution in [0.3, 0.4) is 0 Å². The Bertz CT molecular complexity index is 1320. The topological polar surface area (TPSA) is 104 Å². The SMILES string of the molecule is CC(CC(=O)NC1CCC(Nc2nc(N(C)C)c3ccccc3n2)CC1)S(=O)(=O)c1ccc(Cl)cc1. The molecule has 8 nitrogen and oxygen atoms in total. The summed E-state index contributed by atoms with van der Waals surface area (Å²) in [5, 5.41) is 7.14. The van der Waals surface area contributed by atoms with E-state index >= 15 is 0 Å². The van der Waals surface area contributed by atoms with Gasteiger partial charge >= 0.3 is 0 Å². The van der Waals surface area contributed by atoms with E-state index in [1.807, 2.05) is 43.3 Å². The molecular formula is C26H32ClN5O3S. The molecule has 0 saturated heterocycles. The van der Waals surface area contributed by atoms with Gasteiger partial charge in [0.25, 0.3) is 0 Å². The number of nitrogens with one attached hydrogen (secondary N) is 2. The number of sulfone groups is 1. The zero-order valence-corrected chi connectivity index (χ0v) is 22.3. The van der Waals surface area contributed by atoms with Crippen LogP contribution in [0.2, 0.25) is 5.02 Å². The van der Waals surface area contributed by atoms with Crippen molar-refractivity contribution in [2.24, 2.45) is 0 Å². The van der Waals surface area contributed by atoms with E-state index in [-0.39, 0.29) is 29.3 Å². The first-order valence-corrected chi connectivity index (χ1v) is 14.1. The van der Waals surface area contributed by atoms with Crippen molar-refractivity contribution in [1.82, 2.24) is 15.3 Å². The van der Waals surface area contributed by atoms with Crippen LogP contribution in [0.1, 0.15) is 39.0 Å². The Labute approximate surface area is 217 Å². The van der Waals surface area contributed by atoms with Gasteiger partial charge in [-0.1, -0.05) is 23.7 Å². The van der Waals surface area contributed by atoms with Crippen molar-refractivity contribution in [2.75, 3.05) is 24.3 Å². The third-order valence-corrected chi connectivity index (χ3v) is 8.98. The highest BCUT2D eigenvalue weighted by molar-refractivity contribution is 7.92. The van der Waals surface area contributed by atoms with E-state index in [0.717, 1.165) is 42.4 Å². The average Bonchev–Trinajstić information content (AvgIpc) is 2.85. The number of carbonyl (C=O) groups is 1. The van der Waals surface area contributed by atoms with Crippen LogP contribution >= 0.6 is 11.6 Å². The van der Waals surface area contributed by atoms with Gasteiger partial charge < -0.3 is 15.5 Å². The predicted octanol–water partition coefficient (Wildman–Crippen LogP) is 4.44. The van der Waals surface area contributed by atoms with E-state index in [2.05, 4.69) is 15.6 Å². The van der Waals surface area contributed by atoms with Gasteiger partial charge in [0, 0.05) is 43.0 Å². The molecule has 4 rings (SSSR count). The summed E-state index contributed by atoms with van der Waals surface area (Å²) in [5.74, 6) is 1.22. The van der Waals surface area contributed by atoms with Gasteiger partial charge in [-0.15, -0.1) is 0 Å². The molecule has 1 aliphatic rings. The third-order valence-electron chi connectivity index (χ3n) is 6.58. The summed E-state index contributed by atoms with van der Waals surface area (Å²) in [7, 11) is 0.325. The fourth-order valence-corrected chi connectivity index (χ4v) is 6.02. The van der Waals surface area contributed by atoms with Gasteiger partial charge in [0.05, 0.1) is 15.7 Å².